The van der Waals surface area contributed by atoms with Crippen LogP contribution in [0.1, 0.15) is 38.6 Å². The van der Waals surface area contributed by atoms with E-state index in [-0.39, 0.29) is 18.0 Å². The molecule has 1 N–H and O–H groups in total. The van der Waals surface area contributed by atoms with Crippen molar-refractivity contribution in [2.24, 2.45) is 7.05 Å². The van der Waals surface area contributed by atoms with E-state index in [1.807, 2.05) is 37.1 Å². The van der Waals surface area contributed by atoms with Crippen molar-refractivity contribution in [2.75, 3.05) is 11.9 Å². The highest BCUT2D eigenvalue weighted by Crippen LogP contribution is 2.36. The highest BCUT2D eigenvalue weighted by atomic mass is 19.4. The third kappa shape index (κ3) is 5.44. The summed E-state index contributed by atoms with van der Waals surface area (Å²) in [5, 5.41) is 17.2. The minimum absolute atomic E-state index is 0.0112. The molecule has 1 aliphatic carbocycles. The highest BCUT2D eigenvalue weighted by Gasteiger charge is 2.30. The Morgan fingerprint density at radius 2 is 1.92 bits per heavy atom. The van der Waals surface area contributed by atoms with Gasteiger partial charge in [0.1, 0.15) is 24.2 Å². The molecule has 0 unspecified atom stereocenters. The number of nitrogens with one attached hydrogen (secondary N) is 1. The van der Waals surface area contributed by atoms with Crippen molar-refractivity contribution in [1.82, 2.24) is 34.3 Å². The van der Waals surface area contributed by atoms with Crippen molar-refractivity contribution >= 4 is 16.7 Å². The summed E-state index contributed by atoms with van der Waals surface area (Å²) in [4.78, 5) is 16.3. The molecule has 4 aromatic rings. The van der Waals surface area contributed by atoms with Gasteiger partial charge in [-0.1, -0.05) is 0 Å². The molecule has 10 nitrogen and oxygen atoms in total. The summed E-state index contributed by atoms with van der Waals surface area (Å²) in [5.74, 6) is 0.781. The average Bonchev–Trinajstić information content (AvgIpc) is 3.44. The second kappa shape index (κ2) is 9.87. The number of halogens is 3. The SMILES string of the molecule is CCNc1cc2c(cn1)c(-c1cnn(C)c1)nn2C1CCC(Oc2ccc(=O)n(CC(F)(F)F)n2)CC1. The first-order valence-corrected chi connectivity index (χ1v) is 12.1. The fraction of sp³-hybridized carbons (Fsp3) is 0.458. The van der Waals surface area contributed by atoms with Crippen molar-refractivity contribution in [1.29, 1.82) is 0 Å². The Hall–Kier alpha value is -3.90. The first-order chi connectivity index (χ1) is 17.7. The largest absolute Gasteiger partial charge is 0.473 e. The number of nitrogens with zero attached hydrogens (tertiary/aromatic N) is 7. The zero-order valence-electron chi connectivity index (χ0n) is 20.4. The van der Waals surface area contributed by atoms with Crippen LogP contribution in [-0.4, -0.2) is 53.2 Å². The van der Waals surface area contributed by atoms with Crippen molar-refractivity contribution < 1.29 is 17.9 Å². The summed E-state index contributed by atoms with van der Waals surface area (Å²) < 4.78 is 48.3. The van der Waals surface area contributed by atoms with Crippen molar-refractivity contribution in [3.63, 3.8) is 0 Å². The molecule has 196 valence electrons. The first-order valence-electron chi connectivity index (χ1n) is 12.1. The van der Waals surface area contributed by atoms with Crippen LogP contribution in [0.25, 0.3) is 22.2 Å². The predicted molar refractivity (Wildman–Crippen MR) is 130 cm³/mol. The Labute approximate surface area is 210 Å². The van der Waals surface area contributed by atoms with Crippen LogP contribution in [0.5, 0.6) is 5.88 Å². The van der Waals surface area contributed by atoms with Gasteiger partial charge < -0.3 is 10.1 Å². The number of fused-ring (bicyclic) bond motifs is 1. The van der Waals surface area contributed by atoms with Crippen LogP contribution in [-0.2, 0) is 13.6 Å². The molecule has 4 heterocycles. The Balaban J connectivity index is 1.35. The smallest absolute Gasteiger partial charge is 0.408 e. The maximum Gasteiger partial charge on any atom is 0.408 e. The van der Waals surface area contributed by atoms with Crippen LogP contribution in [0.2, 0.25) is 0 Å². The van der Waals surface area contributed by atoms with Crippen LogP contribution < -0.4 is 15.6 Å². The van der Waals surface area contributed by atoms with Gasteiger partial charge in [0.25, 0.3) is 5.56 Å². The maximum absolute atomic E-state index is 12.7. The first kappa shape index (κ1) is 24.8. The molecule has 0 amide bonds. The normalized spacial score (nSPS) is 18.3. The summed E-state index contributed by atoms with van der Waals surface area (Å²) in [6, 6.07) is 4.47. The summed E-state index contributed by atoms with van der Waals surface area (Å²) in [6.07, 6.45) is 3.61. The van der Waals surface area contributed by atoms with Gasteiger partial charge in [-0.25, -0.2) is 9.67 Å². The molecule has 0 saturated heterocycles. The fourth-order valence-electron chi connectivity index (χ4n) is 4.70. The Bertz CT molecular complexity index is 1450. The Kier molecular flexibility index (Phi) is 6.61. The molecule has 0 atom stereocenters. The van der Waals surface area contributed by atoms with E-state index in [0.29, 0.717) is 17.5 Å². The predicted octanol–water partition coefficient (Wildman–Crippen LogP) is 3.95. The molecule has 1 saturated carbocycles. The van der Waals surface area contributed by atoms with E-state index in [1.165, 1.54) is 6.07 Å². The molecule has 0 aromatic carbocycles. The molecule has 37 heavy (non-hydrogen) atoms. The molecule has 0 spiro atoms. The lowest BCUT2D eigenvalue weighted by molar-refractivity contribution is -0.143. The van der Waals surface area contributed by atoms with E-state index in [9.17, 15) is 18.0 Å². The van der Waals surface area contributed by atoms with Crippen molar-refractivity contribution in [2.45, 2.75) is 57.5 Å². The van der Waals surface area contributed by atoms with E-state index in [1.54, 1.807) is 10.9 Å². The van der Waals surface area contributed by atoms with Gasteiger partial charge in [0.05, 0.1) is 17.8 Å². The zero-order valence-corrected chi connectivity index (χ0v) is 20.4. The van der Waals surface area contributed by atoms with Crippen LogP contribution in [0, 0.1) is 0 Å². The Morgan fingerprint density at radius 1 is 1.14 bits per heavy atom. The summed E-state index contributed by atoms with van der Waals surface area (Å²) >= 11 is 0. The zero-order chi connectivity index (χ0) is 26.2. The van der Waals surface area contributed by atoms with E-state index in [4.69, 9.17) is 9.84 Å². The molecular formula is C24H27F3N8O2. The lowest BCUT2D eigenvalue weighted by Crippen LogP contribution is -2.31. The number of aromatic nitrogens is 7. The minimum atomic E-state index is -4.54. The van der Waals surface area contributed by atoms with E-state index < -0.39 is 18.3 Å². The molecular weight excluding hydrogens is 489 g/mol. The monoisotopic (exact) mass is 516 g/mol. The standard InChI is InChI=1S/C24H27F3N8O2/c1-3-28-20-10-19-18(12-29-20)23(15-11-30-33(2)13-15)32-35(19)16-4-6-17(7-5-16)37-21-8-9-22(36)34(31-21)14-24(25,26)27/h8-13,16-17H,3-7,14H2,1-2H3,(H,28,29). The van der Waals surface area contributed by atoms with Crippen molar-refractivity contribution in [3.05, 3.63) is 47.1 Å². The quantitative estimate of drug-likeness (QED) is 0.397. The maximum atomic E-state index is 12.7. The summed E-state index contributed by atoms with van der Waals surface area (Å²) in [6.45, 7) is 1.30. The molecule has 0 bridgehead atoms. The second-order valence-electron chi connectivity index (χ2n) is 9.14. The summed E-state index contributed by atoms with van der Waals surface area (Å²) in [7, 11) is 1.86. The number of hydrogen-bond acceptors (Lipinski definition) is 7. The summed E-state index contributed by atoms with van der Waals surface area (Å²) in [5.41, 5.74) is 1.86. The molecule has 1 aliphatic rings. The van der Waals surface area contributed by atoms with Crippen LogP contribution in [0.15, 0.2) is 41.6 Å². The van der Waals surface area contributed by atoms with Gasteiger partial charge in [0.2, 0.25) is 5.88 Å². The number of alkyl halides is 3. The third-order valence-corrected chi connectivity index (χ3v) is 6.38. The number of rotatable bonds is 7. The Morgan fingerprint density at radius 3 is 2.59 bits per heavy atom. The number of pyridine rings is 1. The minimum Gasteiger partial charge on any atom is -0.473 e. The second-order valence-corrected chi connectivity index (χ2v) is 9.14. The van der Waals surface area contributed by atoms with Gasteiger partial charge >= 0.3 is 6.18 Å². The molecule has 0 aliphatic heterocycles. The van der Waals surface area contributed by atoms with Gasteiger partial charge in [-0.3, -0.25) is 14.2 Å². The van der Waals surface area contributed by atoms with E-state index >= 15 is 0 Å². The van der Waals surface area contributed by atoms with Gasteiger partial charge in [-0.15, -0.1) is 5.10 Å². The lowest BCUT2D eigenvalue weighted by Gasteiger charge is -2.29. The average molecular weight is 517 g/mol. The van der Waals surface area contributed by atoms with E-state index in [0.717, 1.165) is 53.4 Å². The highest BCUT2D eigenvalue weighted by molar-refractivity contribution is 5.93. The topological polar surface area (TPSA) is 105 Å². The van der Waals surface area contributed by atoms with Crippen LogP contribution in [0.4, 0.5) is 19.0 Å². The van der Waals surface area contributed by atoms with Crippen LogP contribution in [0.3, 0.4) is 0 Å². The van der Waals surface area contributed by atoms with Gasteiger partial charge in [-0.2, -0.15) is 23.4 Å². The number of anilines is 1. The third-order valence-electron chi connectivity index (χ3n) is 6.38. The molecule has 4 aromatic heterocycles. The molecule has 1 fully saturated rings. The van der Waals surface area contributed by atoms with Crippen LogP contribution >= 0.6 is 0 Å². The molecule has 13 heteroatoms. The fourth-order valence-corrected chi connectivity index (χ4v) is 4.70. The van der Waals surface area contributed by atoms with Gasteiger partial charge in [0.15, 0.2) is 0 Å². The van der Waals surface area contributed by atoms with Crippen molar-refractivity contribution in [3.8, 4) is 17.1 Å². The van der Waals surface area contributed by atoms with E-state index in [2.05, 4.69) is 20.5 Å². The lowest BCUT2D eigenvalue weighted by atomic mass is 9.93. The number of ether oxygens (including phenoxy) is 1. The molecule has 0 radical (unpaired) electrons. The number of hydrogen-bond donors (Lipinski definition) is 1. The van der Waals surface area contributed by atoms with Gasteiger partial charge in [0, 0.05) is 55.1 Å². The van der Waals surface area contributed by atoms with Gasteiger partial charge in [-0.05, 0) is 32.6 Å². The number of aryl methyl sites for hydroxylation is 1. The molecule has 5 rings (SSSR count).